The van der Waals surface area contributed by atoms with Crippen molar-refractivity contribution in [3.8, 4) is 0 Å². The zero-order chi connectivity index (χ0) is 50.5. The molecule has 21 nitrogen and oxygen atoms in total. The number of ketones is 1. The number of carbonyl (C=O) groups excluding carboxylic acids is 9. The summed E-state index contributed by atoms with van der Waals surface area (Å²) in [6.45, 7) is 7.58. The molecule has 1 unspecified atom stereocenters. The van der Waals surface area contributed by atoms with Crippen LogP contribution in [0.3, 0.4) is 0 Å². The van der Waals surface area contributed by atoms with Gasteiger partial charge in [-0.25, -0.2) is 0 Å². The minimum atomic E-state index is -1.54. The fourth-order valence-corrected chi connectivity index (χ4v) is 8.44. The summed E-state index contributed by atoms with van der Waals surface area (Å²) in [5.74, 6) is -11.3. The smallest absolute Gasteiger partial charge is 0.325 e. The van der Waals surface area contributed by atoms with Crippen LogP contribution in [-0.4, -0.2) is 136 Å². The van der Waals surface area contributed by atoms with E-state index in [0.717, 1.165) is 31.7 Å². The topological polar surface area (TPSA) is 313 Å². The lowest BCUT2D eigenvalue weighted by atomic mass is 9.83. The van der Waals surface area contributed by atoms with E-state index in [0.29, 0.717) is 25.7 Å². The Morgan fingerprint density at radius 1 is 0.721 bits per heavy atom. The van der Waals surface area contributed by atoms with Gasteiger partial charge in [0.25, 0.3) is 5.91 Å². The first-order valence-corrected chi connectivity index (χ1v) is 23.5. The van der Waals surface area contributed by atoms with Crippen LogP contribution in [-0.2, 0) is 57.5 Å². The lowest BCUT2D eigenvalue weighted by molar-refractivity contribution is -0.146. The SMILES string of the molecule is CCCOC(=O)CNC(=O)C(=O)C(CCC)NC(=O)[C@@H]1C[C@@H](c2ccccc2)CN1C(=O)[C@@H](NC(=O)[C@@H](NC(=O)[C@H](CCC(=O)O)NC(=O)[C@H](CCC(=O)O)NC(C)=O)C(C)C)C1CCCCC1. The number of ether oxygens (including phenoxy) is 1. The highest BCUT2D eigenvalue weighted by molar-refractivity contribution is 6.38. The van der Waals surface area contributed by atoms with Crippen molar-refractivity contribution >= 4 is 65.0 Å². The number of aliphatic carboxylic acids is 2. The number of carboxylic acids is 2. The minimum Gasteiger partial charge on any atom is -0.481 e. The first-order chi connectivity index (χ1) is 32.3. The van der Waals surface area contributed by atoms with Crippen LogP contribution < -0.4 is 31.9 Å². The quantitative estimate of drug-likeness (QED) is 0.0455. The van der Waals surface area contributed by atoms with Crippen molar-refractivity contribution in [1.82, 2.24) is 36.8 Å². The highest BCUT2D eigenvalue weighted by Gasteiger charge is 2.46. The van der Waals surface area contributed by atoms with Crippen LogP contribution in [0.1, 0.15) is 130 Å². The lowest BCUT2D eigenvalue weighted by Gasteiger charge is -2.36. The maximum absolute atomic E-state index is 15.1. The van der Waals surface area contributed by atoms with Gasteiger partial charge in [-0.2, -0.15) is 0 Å². The first kappa shape index (κ1) is 55.9. The molecule has 1 saturated carbocycles. The molecular weight excluding hydrogens is 887 g/mol. The Bertz CT molecular complexity index is 1960. The highest BCUT2D eigenvalue weighted by Crippen LogP contribution is 2.35. The number of likely N-dealkylation sites (tertiary alicyclic amines) is 1. The molecular formula is C47H69N7O14. The molecule has 0 bridgehead atoms. The monoisotopic (exact) mass is 955 g/mol. The van der Waals surface area contributed by atoms with Gasteiger partial charge in [0, 0.05) is 32.2 Å². The maximum Gasteiger partial charge on any atom is 0.325 e. The molecule has 2 aliphatic rings. The standard InChI is InChI=1S/C47H69N7O14/c1-6-14-32(41(61)46(66)48-25-38(60)68-23-7-2)50-44(64)35-24-31(29-15-10-8-11-16-29)26-54(35)47(67)40(30-17-12-9-13-18-30)53-45(65)39(27(3)4)52-43(63)34(20-22-37(58)59)51-42(62)33(49-28(5)55)19-21-36(56)57/h8,10-11,15-16,27,30-35,39-40H,6-7,9,12-14,17-26H2,1-5H3,(H,48,66)(H,49,55)(H,50,64)(H,51,62)(H,52,63)(H,53,65)(H,56,57)(H,58,59)/t31-,32?,33+,34+,35+,39+,40+/m1/s1. The zero-order valence-electron chi connectivity index (χ0n) is 39.6. The minimum absolute atomic E-state index is 0.0635. The number of carboxylic acid groups (broad SMARTS) is 2. The predicted molar refractivity (Wildman–Crippen MR) is 244 cm³/mol. The fraction of sp³-hybridized carbons (Fsp3) is 0.638. The van der Waals surface area contributed by atoms with E-state index in [1.54, 1.807) is 27.7 Å². The molecule has 68 heavy (non-hydrogen) atoms. The highest BCUT2D eigenvalue weighted by atomic mass is 16.5. The van der Waals surface area contributed by atoms with Crippen molar-refractivity contribution in [2.45, 2.75) is 160 Å². The number of hydrogen-bond donors (Lipinski definition) is 8. The number of nitrogens with one attached hydrogen (secondary N) is 6. The molecule has 2 fully saturated rings. The van der Waals surface area contributed by atoms with Crippen LogP contribution in [0.25, 0.3) is 0 Å². The van der Waals surface area contributed by atoms with Crippen molar-refractivity contribution in [3.63, 3.8) is 0 Å². The van der Waals surface area contributed by atoms with Gasteiger partial charge in [0.1, 0.15) is 36.8 Å². The maximum atomic E-state index is 15.1. The molecule has 7 atom stereocenters. The summed E-state index contributed by atoms with van der Waals surface area (Å²) in [7, 11) is 0. The Labute approximate surface area is 396 Å². The molecule has 0 aromatic heterocycles. The van der Waals surface area contributed by atoms with Gasteiger partial charge in [-0.15, -0.1) is 0 Å². The first-order valence-electron chi connectivity index (χ1n) is 23.5. The predicted octanol–water partition coefficient (Wildman–Crippen LogP) is 1.22. The van der Waals surface area contributed by atoms with E-state index in [1.165, 1.54) is 4.90 Å². The largest absolute Gasteiger partial charge is 0.481 e. The third-order valence-electron chi connectivity index (χ3n) is 12.0. The van der Waals surface area contributed by atoms with E-state index in [1.807, 2.05) is 30.3 Å². The number of Topliss-reactive ketones (excluding diaryl/α,β-unsaturated/α-hetero) is 1. The van der Waals surface area contributed by atoms with E-state index in [-0.39, 0.29) is 44.2 Å². The molecule has 1 aromatic rings. The Morgan fingerprint density at radius 3 is 1.88 bits per heavy atom. The summed E-state index contributed by atoms with van der Waals surface area (Å²) in [4.78, 5) is 145. The third-order valence-corrected chi connectivity index (χ3v) is 12.0. The van der Waals surface area contributed by atoms with E-state index in [9.17, 15) is 58.2 Å². The van der Waals surface area contributed by atoms with Crippen molar-refractivity contribution in [3.05, 3.63) is 35.9 Å². The molecule has 8 N–H and O–H groups in total. The number of carbonyl (C=O) groups is 11. The van der Waals surface area contributed by atoms with Gasteiger partial charge in [0.05, 0.1) is 12.6 Å². The number of benzene rings is 1. The second kappa shape index (κ2) is 28.0. The fourth-order valence-electron chi connectivity index (χ4n) is 8.44. The van der Waals surface area contributed by atoms with Crippen LogP contribution in [0.5, 0.6) is 0 Å². The normalized spacial score (nSPS) is 18.1. The van der Waals surface area contributed by atoms with E-state index >= 15 is 4.79 Å². The Kier molecular flexibility index (Phi) is 23.1. The van der Waals surface area contributed by atoms with E-state index in [2.05, 4.69) is 31.9 Å². The van der Waals surface area contributed by atoms with Crippen molar-refractivity contribution in [2.75, 3.05) is 19.7 Å². The van der Waals surface area contributed by atoms with Crippen LogP contribution in [0.15, 0.2) is 30.3 Å². The summed E-state index contributed by atoms with van der Waals surface area (Å²) in [6.07, 6.45) is 2.81. The Balaban J connectivity index is 1.94. The van der Waals surface area contributed by atoms with Gasteiger partial charge in [-0.3, -0.25) is 52.7 Å². The number of esters is 1. The number of amides is 7. The Hall–Kier alpha value is -6.41. The van der Waals surface area contributed by atoms with Gasteiger partial charge in [-0.1, -0.05) is 83.7 Å². The van der Waals surface area contributed by atoms with Crippen LogP contribution >= 0.6 is 0 Å². The molecule has 0 radical (unpaired) electrons. The van der Waals surface area contributed by atoms with Crippen LogP contribution in [0.4, 0.5) is 0 Å². The molecule has 7 amide bonds. The van der Waals surface area contributed by atoms with Gasteiger partial charge in [0.15, 0.2) is 0 Å². The molecule has 0 spiro atoms. The molecule has 1 saturated heterocycles. The molecule has 1 heterocycles. The molecule has 21 heteroatoms. The van der Waals surface area contributed by atoms with Crippen LogP contribution in [0.2, 0.25) is 0 Å². The number of rotatable bonds is 27. The average molecular weight is 956 g/mol. The van der Waals surface area contributed by atoms with Crippen molar-refractivity contribution in [2.24, 2.45) is 11.8 Å². The molecule has 3 rings (SSSR count). The summed E-state index contributed by atoms with van der Waals surface area (Å²) in [5, 5.41) is 33.8. The van der Waals surface area contributed by atoms with Gasteiger partial charge in [-0.05, 0) is 62.3 Å². The van der Waals surface area contributed by atoms with Crippen LogP contribution in [0, 0.1) is 11.8 Å². The molecule has 376 valence electrons. The number of hydrogen-bond acceptors (Lipinski definition) is 12. The van der Waals surface area contributed by atoms with Gasteiger partial charge >= 0.3 is 17.9 Å². The Morgan fingerprint density at radius 2 is 1.32 bits per heavy atom. The van der Waals surface area contributed by atoms with E-state index in [4.69, 9.17) is 4.74 Å². The van der Waals surface area contributed by atoms with Crippen molar-refractivity contribution in [1.29, 1.82) is 0 Å². The second-order valence-corrected chi connectivity index (χ2v) is 17.8. The third kappa shape index (κ3) is 17.7. The number of nitrogens with zero attached hydrogens (tertiary/aromatic N) is 1. The second-order valence-electron chi connectivity index (χ2n) is 17.8. The summed E-state index contributed by atoms with van der Waals surface area (Å²) in [5.41, 5.74) is 0.840. The van der Waals surface area contributed by atoms with Gasteiger partial charge in [0.2, 0.25) is 41.2 Å². The van der Waals surface area contributed by atoms with Crippen molar-refractivity contribution < 1.29 is 67.7 Å². The van der Waals surface area contributed by atoms with E-state index < -0.39 is 133 Å². The molecule has 1 aromatic carbocycles. The summed E-state index contributed by atoms with van der Waals surface area (Å²) in [6, 6.07) is 1.33. The zero-order valence-corrected chi connectivity index (χ0v) is 39.6. The summed E-state index contributed by atoms with van der Waals surface area (Å²) < 4.78 is 4.96. The van der Waals surface area contributed by atoms with Gasteiger partial charge < -0.3 is 51.8 Å². The molecule has 1 aliphatic heterocycles. The lowest BCUT2D eigenvalue weighted by Crippen LogP contribution is -2.61. The summed E-state index contributed by atoms with van der Waals surface area (Å²) >= 11 is 0. The molecule has 1 aliphatic carbocycles. The average Bonchev–Trinajstić information content (AvgIpc) is 3.76.